The van der Waals surface area contributed by atoms with Gasteiger partial charge in [-0.25, -0.2) is 0 Å². The van der Waals surface area contributed by atoms with Crippen molar-refractivity contribution in [3.63, 3.8) is 0 Å². The van der Waals surface area contributed by atoms with E-state index in [4.69, 9.17) is 11.6 Å². The zero-order valence-corrected chi connectivity index (χ0v) is 13.9. The topological polar surface area (TPSA) is 3.24 Å². The van der Waals surface area contributed by atoms with Gasteiger partial charge < -0.3 is 0 Å². The van der Waals surface area contributed by atoms with Gasteiger partial charge in [-0.2, -0.15) is 0 Å². The van der Waals surface area contributed by atoms with Gasteiger partial charge in [-0.15, -0.1) is 11.6 Å². The van der Waals surface area contributed by atoms with Crippen LogP contribution in [0.3, 0.4) is 0 Å². The van der Waals surface area contributed by atoms with Crippen LogP contribution >= 0.6 is 11.6 Å². The summed E-state index contributed by atoms with van der Waals surface area (Å²) in [6, 6.07) is 9.86. The molecule has 2 rings (SSSR count). The Bertz CT molecular complexity index is 402. The van der Waals surface area contributed by atoms with Crippen LogP contribution < -0.4 is 0 Å². The van der Waals surface area contributed by atoms with Crippen molar-refractivity contribution >= 4 is 11.6 Å². The molecule has 0 bridgehead atoms. The average molecular weight is 294 g/mol. The fourth-order valence-electron chi connectivity index (χ4n) is 3.07. The number of hydrogen-bond donors (Lipinski definition) is 0. The molecule has 0 aromatic heterocycles. The number of hydrogen-bond acceptors (Lipinski definition) is 1. The zero-order valence-electron chi connectivity index (χ0n) is 13.2. The summed E-state index contributed by atoms with van der Waals surface area (Å²) < 4.78 is 0. The Morgan fingerprint density at radius 1 is 1.15 bits per heavy atom. The number of alkyl halides is 1. The molecule has 1 nitrogen and oxygen atoms in total. The molecule has 0 radical (unpaired) electrons. The Kier molecular flexibility index (Phi) is 5.51. The van der Waals surface area contributed by atoms with E-state index in [-0.39, 0.29) is 5.41 Å². The number of nitrogens with zero attached hydrogens (tertiary/aromatic N) is 1. The van der Waals surface area contributed by atoms with Crippen molar-refractivity contribution in [2.45, 2.75) is 64.5 Å². The minimum absolute atomic E-state index is 0.241. The van der Waals surface area contributed by atoms with Crippen LogP contribution in [0.2, 0.25) is 0 Å². The predicted octanol–water partition coefficient (Wildman–Crippen LogP) is 4.97. The minimum Gasteiger partial charge on any atom is -0.296 e. The Labute approximate surface area is 129 Å². The largest absolute Gasteiger partial charge is 0.296 e. The van der Waals surface area contributed by atoms with Crippen molar-refractivity contribution < 1.29 is 0 Å². The van der Waals surface area contributed by atoms with Crippen molar-refractivity contribution in [1.82, 2.24) is 4.90 Å². The molecule has 2 heteroatoms. The second-order valence-corrected chi connectivity index (χ2v) is 7.42. The Balaban J connectivity index is 2.01. The molecule has 1 aromatic rings. The van der Waals surface area contributed by atoms with E-state index in [0.29, 0.717) is 6.04 Å². The van der Waals surface area contributed by atoms with E-state index < -0.39 is 0 Å². The summed E-state index contributed by atoms with van der Waals surface area (Å²) in [5.41, 5.74) is 3.09. The molecule has 0 N–H and O–H groups in total. The molecule has 1 fully saturated rings. The predicted molar refractivity (Wildman–Crippen MR) is 88.5 cm³/mol. The van der Waals surface area contributed by atoms with E-state index in [1.54, 1.807) is 0 Å². The molecule has 20 heavy (non-hydrogen) atoms. The summed E-state index contributed by atoms with van der Waals surface area (Å²) in [6.45, 7) is 9.10. The SMILES string of the molecule is CC(C)(C)c1ccc(CN2CCCCC2CCCl)cc1. The summed E-state index contributed by atoms with van der Waals surface area (Å²) in [5, 5.41) is 0. The number of likely N-dealkylation sites (tertiary alicyclic amines) is 1. The van der Waals surface area contributed by atoms with Crippen LogP contribution in [0.5, 0.6) is 0 Å². The van der Waals surface area contributed by atoms with Gasteiger partial charge in [-0.1, -0.05) is 51.5 Å². The lowest BCUT2D eigenvalue weighted by molar-refractivity contribution is 0.137. The highest BCUT2D eigenvalue weighted by molar-refractivity contribution is 6.17. The lowest BCUT2D eigenvalue weighted by Crippen LogP contribution is -2.39. The molecule has 1 aromatic carbocycles. The average Bonchev–Trinajstić information content (AvgIpc) is 2.41. The second-order valence-electron chi connectivity index (χ2n) is 7.04. The molecule has 0 aliphatic carbocycles. The molecule has 112 valence electrons. The maximum absolute atomic E-state index is 5.95. The van der Waals surface area contributed by atoms with Crippen LogP contribution in [0.15, 0.2) is 24.3 Å². The summed E-state index contributed by atoms with van der Waals surface area (Å²) in [5.74, 6) is 0.782. The molecule has 1 aliphatic heterocycles. The molecular weight excluding hydrogens is 266 g/mol. The van der Waals surface area contributed by atoms with Crippen LogP contribution in [-0.4, -0.2) is 23.4 Å². The third kappa shape index (κ3) is 4.23. The van der Waals surface area contributed by atoms with Crippen LogP contribution in [0.1, 0.15) is 57.6 Å². The number of piperidine rings is 1. The smallest absolute Gasteiger partial charge is 0.0238 e. The van der Waals surface area contributed by atoms with Crippen molar-refractivity contribution in [1.29, 1.82) is 0 Å². The van der Waals surface area contributed by atoms with Crippen LogP contribution in [0.25, 0.3) is 0 Å². The first-order valence-electron chi connectivity index (χ1n) is 7.90. The van der Waals surface area contributed by atoms with Crippen LogP contribution in [0.4, 0.5) is 0 Å². The maximum Gasteiger partial charge on any atom is 0.0238 e. The zero-order chi connectivity index (χ0) is 14.6. The summed E-state index contributed by atoms with van der Waals surface area (Å²) in [7, 11) is 0. The Hall–Kier alpha value is -0.530. The summed E-state index contributed by atoms with van der Waals surface area (Å²) in [6.07, 6.45) is 5.13. The molecule has 0 spiro atoms. The fraction of sp³-hybridized carbons (Fsp3) is 0.667. The molecule has 1 heterocycles. The van der Waals surface area contributed by atoms with Gasteiger partial charge in [0.1, 0.15) is 0 Å². The number of rotatable bonds is 4. The fourth-order valence-corrected chi connectivity index (χ4v) is 3.32. The highest BCUT2D eigenvalue weighted by atomic mass is 35.5. The van der Waals surface area contributed by atoms with E-state index in [1.165, 1.54) is 36.9 Å². The van der Waals surface area contributed by atoms with Gasteiger partial charge in [-0.3, -0.25) is 4.90 Å². The standard InChI is InChI=1S/C18H28ClN/c1-18(2,3)16-9-7-15(8-10-16)14-20-13-5-4-6-17(20)11-12-19/h7-10,17H,4-6,11-14H2,1-3H3. The van der Waals surface area contributed by atoms with Crippen LogP contribution in [-0.2, 0) is 12.0 Å². The second kappa shape index (κ2) is 6.95. The van der Waals surface area contributed by atoms with Gasteiger partial charge in [0.25, 0.3) is 0 Å². The molecule has 1 atom stereocenters. The molecule has 0 saturated carbocycles. The van der Waals surface area contributed by atoms with Gasteiger partial charge in [0, 0.05) is 18.5 Å². The van der Waals surface area contributed by atoms with Gasteiger partial charge in [-0.05, 0) is 42.3 Å². The summed E-state index contributed by atoms with van der Waals surface area (Å²) >= 11 is 5.95. The van der Waals surface area contributed by atoms with E-state index in [2.05, 4.69) is 49.9 Å². The normalized spacial score (nSPS) is 21.1. The van der Waals surface area contributed by atoms with E-state index >= 15 is 0 Å². The quantitative estimate of drug-likeness (QED) is 0.709. The highest BCUT2D eigenvalue weighted by Gasteiger charge is 2.22. The Morgan fingerprint density at radius 2 is 1.85 bits per heavy atom. The first kappa shape index (κ1) is 15.9. The minimum atomic E-state index is 0.241. The first-order chi connectivity index (χ1) is 9.50. The van der Waals surface area contributed by atoms with Crippen molar-refractivity contribution in [2.75, 3.05) is 12.4 Å². The molecule has 1 aliphatic rings. The van der Waals surface area contributed by atoms with E-state index in [9.17, 15) is 0 Å². The van der Waals surface area contributed by atoms with Crippen molar-refractivity contribution in [3.05, 3.63) is 35.4 Å². The molecular formula is C18H28ClN. The maximum atomic E-state index is 5.95. The van der Waals surface area contributed by atoms with E-state index in [1.807, 2.05) is 0 Å². The molecule has 0 amide bonds. The third-order valence-electron chi connectivity index (χ3n) is 4.40. The van der Waals surface area contributed by atoms with Gasteiger partial charge >= 0.3 is 0 Å². The van der Waals surface area contributed by atoms with Gasteiger partial charge in [0.05, 0.1) is 0 Å². The number of benzene rings is 1. The highest BCUT2D eigenvalue weighted by Crippen LogP contribution is 2.25. The third-order valence-corrected chi connectivity index (χ3v) is 4.62. The van der Waals surface area contributed by atoms with Gasteiger partial charge in [0.15, 0.2) is 0 Å². The molecule has 1 unspecified atom stereocenters. The van der Waals surface area contributed by atoms with Crippen molar-refractivity contribution in [3.8, 4) is 0 Å². The van der Waals surface area contributed by atoms with Crippen molar-refractivity contribution in [2.24, 2.45) is 0 Å². The lowest BCUT2D eigenvalue weighted by atomic mass is 9.86. The molecule has 1 saturated heterocycles. The van der Waals surface area contributed by atoms with Gasteiger partial charge in [0.2, 0.25) is 0 Å². The van der Waals surface area contributed by atoms with E-state index in [0.717, 1.165) is 18.8 Å². The monoisotopic (exact) mass is 293 g/mol. The lowest BCUT2D eigenvalue weighted by Gasteiger charge is -2.35. The summed E-state index contributed by atoms with van der Waals surface area (Å²) in [4.78, 5) is 2.62. The van der Waals surface area contributed by atoms with Crippen LogP contribution in [0, 0.1) is 0 Å². The number of halogens is 1. The first-order valence-corrected chi connectivity index (χ1v) is 8.43. The Morgan fingerprint density at radius 3 is 2.45 bits per heavy atom.